The maximum Gasteiger partial charge on any atom is 0.174 e. The number of nitrogens with zero attached hydrogens (tertiary/aromatic N) is 1. The number of likely N-dealkylation sites (N-methyl/N-ethyl adjacent to an activating group) is 1. The Morgan fingerprint density at radius 1 is 1.36 bits per heavy atom. The molecule has 0 radical (unpaired) electrons. The largest absolute Gasteiger partial charge is 0.493 e. The predicted octanol–water partition coefficient (Wildman–Crippen LogP) is 2.96. The highest BCUT2D eigenvalue weighted by Gasteiger charge is 2.67. The van der Waals surface area contributed by atoms with Crippen LogP contribution in [-0.4, -0.2) is 43.5 Å². The Labute approximate surface area is 149 Å². The van der Waals surface area contributed by atoms with Crippen molar-refractivity contribution in [2.75, 3.05) is 20.7 Å². The Kier molecular flexibility index (Phi) is 3.28. The number of likely N-dealkylation sites (tertiary alicyclic amines) is 1. The maximum atomic E-state index is 13.1. The number of hydrogen-bond donors (Lipinski definition) is 0. The lowest BCUT2D eigenvalue weighted by Crippen LogP contribution is -2.67. The molecule has 0 unspecified atom stereocenters. The van der Waals surface area contributed by atoms with Crippen LogP contribution in [0.15, 0.2) is 12.1 Å². The number of methoxy groups -OCH3 is 1. The highest BCUT2D eigenvalue weighted by atomic mass is 16.5. The van der Waals surface area contributed by atoms with Gasteiger partial charge in [-0.1, -0.05) is 19.4 Å². The minimum absolute atomic E-state index is 0.121. The Morgan fingerprint density at radius 3 is 2.96 bits per heavy atom. The summed E-state index contributed by atoms with van der Waals surface area (Å²) in [7, 11) is 3.96. The van der Waals surface area contributed by atoms with Crippen molar-refractivity contribution in [3.8, 4) is 11.5 Å². The van der Waals surface area contributed by atoms with E-state index in [2.05, 4.69) is 24.9 Å². The highest BCUT2D eigenvalue weighted by molar-refractivity contribution is 5.89. The number of piperidine rings is 1. The van der Waals surface area contributed by atoms with Gasteiger partial charge >= 0.3 is 0 Å². The maximum absolute atomic E-state index is 13.1. The third-order valence-electron chi connectivity index (χ3n) is 7.40. The van der Waals surface area contributed by atoms with Gasteiger partial charge in [0.2, 0.25) is 0 Å². The second-order valence-electron chi connectivity index (χ2n) is 8.42. The van der Waals surface area contributed by atoms with Gasteiger partial charge in [0.1, 0.15) is 0 Å². The van der Waals surface area contributed by atoms with Crippen molar-refractivity contribution in [1.29, 1.82) is 0 Å². The standard InChI is InChI=1S/C21H27NO3/c1-4-5-12-11-15(23)20-21-8-9-22(2)14(17(12)21)10-13-6-7-16(24-3)19(25-20)18(13)21/h6-7,12,14,17,20H,4-5,8-11H2,1-3H3/t12-,14+,17-,20-,21-/m0/s1. The van der Waals surface area contributed by atoms with E-state index in [0.29, 0.717) is 30.1 Å². The first-order valence-corrected chi connectivity index (χ1v) is 9.71. The van der Waals surface area contributed by atoms with Crippen LogP contribution in [0.25, 0.3) is 0 Å². The summed E-state index contributed by atoms with van der Waals surface area (Å²) in [4.78, 5) is 15.6. The van der Waals surface area contributed by atoms with Gasteiger partial charge in [0.05, 0.1) is 7.11 Å². The molecule has 0 N–H and O–H groups in total. The van der Waals surface area contributed by atoms with Gasteiger partial charge in [0.15, 0.2) is 23.4 Å². The van der Waals surface area contributed by atoms with E-state index < -0.39 is 0 Å². The summed E-state index contributed by atoms with van der Waals surface area (Å²) in [6, 6.07) is 4.75. The van der Waals surface area contributed by atoms with Crippen molar-refractivity contribution < 1.29 is 14.3 Å². The molecule has 1 aromatic rings. The third-order valence-corrected chi connectivity index (χ3v) is 7.40. The molecule has 2 bridgehead atoms. The number of ketones is 1. The first kappa shape index (κ1) is 15.7. The van der Waals surface area contributed by atoms with E-state index in [1.807, 2.05) is 6.07 Å². The molecule has 4 heteroatoms. The summed E-state index contributed by atoms with van der Waals surface area (Å²) >= 11 is 0. The lowest BCUT2D eigenvalue weighted by Gasteiger charge is -2.59. The number of benzene rings is 1. The molecule has 25 heavy (non-hydrogen) atoms. The molecule has 5 rings (SSSR count). The van der Waals surface area contributed by atoms with Crippen LogP contribution in [0.5, 0.6) is 11.5 Å². The Bertz CT molecular complexity index is 745. The minimum Gasteiger partial charge on any atom is -0.493 e. The molecule has 2 fully saturated rings. The van der Waals surface area contributed by atoms with E-state index in [1.165, 1.54) is 11.1 Å². The molecule has 4 aliphatic rings. The summed E-state index contributed by atoms with van der Waals surface area (Å²) in [5.74, 6) is 2.97. The molecular weight excluding hydrogens is 314 g/mol. The molecule has 1 saturated carbocycles. The topological polar surface area (TPSA) is 38.8 Å². The Morgan fingerprint density at radius 2 is 2.20 bits per heavy atom. The molecule has 1 spiro atoms. The third kappa shape index (κ3) is 1.79. The van der Waals surface area contributed by atoms with E-state index in [1.54, 1.807) is 7.11 Å². The molecule has 2 heterocycles. The predicted molar refractivity (Wildman–Crippen MR) is 95.3 cm³/mol. The van der Waals surface area contributed by atoms with Gasteiger partial charge < -0.3 is 14.4 Å². The summed E-state index contributed by atoms with van der Waals surface area (Å²) < 4.78 is 12.0. The summed E-state index contributed by atoms with van der Waals surface area (Å²) in [6.45, 7) is 3.29. The van der Waals surface area contributed by atoms with Crippen LogP contribution in [0, 0.1) is 11.8 Å². The molecule has 2 aliphatic carbocycles. The SMILES string of the molecule is CCC[C@H]1CC(=O)[C@@H]2Oc3c(OC)ccc4c3[C@@]23CCN(C)[C@H](C4)[C@H]13. The Hall–Kier alpha value is -1.55. The van der Waals surface area contributed by atoms with Gasteiger partial charge in [-0.3, -0.25) is 4.79 Å². The van der Waals surface area contributed by atoms with Gasteiger partial charge in [0, 0.05) is 23.4 Å². The van der Waals surface area contributed by atoms with Gasteiger partial charge in [-0.05, 0) is 56.3 Å². The number of rotatable bonds is 3. The zero-order chi connectivity index (χ0) is 17.3. The van der Waals surface area contributed by atoms with E-state index in [-0.39, 0.29) is 11.5 Å². The van der Waals surface area contributed by atoms with Crippen molar-refractivity contribution in [1.82, 2.24) is 4.90 Å². The molecule has 1 aromatic carbocycles. The summed E-state index contributed by atoms with van der Waals surface area (Å²) in [6.07, 6.45) is 4.76. The highest BCUT2D eigenvalue weighted by Crippen LogP contribution is 2.64. The van der Waals surface area contributed by atoms with Crippen LogP contribution in [0.1, 0.15) is 43.7 Å². The normalized spacial score (nSPS) is 38.3. The second kappa shape index (κ2) is 5.23. The lowest BCUT2D eigenvalue weighted by molar-refractivity contribution is -0.144. The number of carbonyl (C=O) groups excluding carboxylic acids is 1. The molecule has 0 aromatic heterocycles. The first-order valence-electron chi connectivity index (χ1n) is 9.71. The molecule has 0 amide bonds. The van der Waals surface area contributed by atoms with Gasteiger partial charge in [-0.25, -0.2) is 0 Å². The number of Topliss-reactive ketones (excluding diaryl/α,β-unsaturated/α-hetero) is 1. The molecule has 1 saturated heterocycles. The summed E-state index contributed by atoms with van der Waals surface area (Å²) in [5, 5.41) is 0. The molecule has 134 valence electrons. The first-order chi connectivity index (χ1) is 12.1. The zero-order valence-corrected chi connectivity index (χ0v) is 15.4. The Balaban J connectivity index is 1.77. The van der Waals surface area contributed by atoms with Crippen LogP contribution in [0.3, 0.4) is 0 Å². The fourth-order valence-corrected chi connectivity index (χ4v) is 6.57. The fraction of sp³-hybridized carbons (Fsp3) is 0.667. The minimum atomic E-state index is -0.299. The van der Waals surface area contributed by atoms with E-state index in [4.69, 9.17) is 9.47 Å². The van der Waals surface area contributed by atoms with Crippen LogP contribution < -0.4 is 9.47 Å². The van der Waals surface area contributed by atoms with E-state index >= 15 is 0 Å². The summed E-state index contributed by atoms with van der Waals surface area (Å²) in [5.41, 5.74) is 2.57. The van der Waals surface area contributed by atoms with Crippen molar-refractivity contribution in [3.05, 3.63) is 23.3 Å². The molecular formula is C21H27NO3. The second-order valence-corrected chi connectivity index (χ2v) is 8.42. The van der Waals surface area contributed by atoms with Crippen LogP contribution in [0.4, 0.5) is 0 Å². The number of hydrogen-bond acceptors (Lipinski definition) is 4. The average Bonchev–Trinajstić information content (AvgIpc) is 2.95. The van der Waals surface area contributed by atoms with Gasteiger partial charge in [-0.15, -0.1) is 0 Å². The van der Waals surface area contributed by atoms with Gasteiger partial charge in [-0.2, -0.15) is 0 Å². The number of carbonyl (C=O) groups is 1. The molecule has 4 nitrogen and oxygen atoms in total. The van der Waals surface area contributed by atoms with Crippen molar-refractivity contribution in [2.45, 2.75) is 56.6 Å². The van der Waals surface area contributed by atoms with Gasteiger partial charge in [0.25, 0.3) is 0 Å². The van der Waals surface area contributed by atoms with Crippen LogP contribution >= 0.6 is 0 Å². The van der Waals surface area contributed by atoms with Crippen molar-refractivity contribution in [3.63, 3.8) is 0 Å². The fourth-order valence-electron chi connectivity index (χ4n) is 6.57. The molecule has 5 atom stereocenters. The lowest BCUT2D eigenvalue weighted by atomic mass is 9.48. The van der Waals surface area contributed by atoms with Crippen molar-refractivity contribution >= 4 is 5.78 Å². The zero-order valence-electron chi connectivity index (χ0n) is 15.4. The quantitative estimate of drug-likeness (QED) is 0.847. The van der Waals surface area contributed by atoms with E-state index in [9.17, 15) is 4.79 Å². The monoisotopic (exact) mass is 341 g/mol. The van der Waals surface area contributed by atoms with E-state index in [0.717, 1.165) is 43.7 Å². The average molecular weight is 341 g/mol. The molecule has 2 aliphatic heterocycles. The number of ether oxygens (including phenoxy) is 2. The van der Waals surface area contributed by atoms with Crippen LogP contribution in [-0.2, 0) is 16.6 Å². The smallest absolute Gasteiger partial charge is 0.174 e. The van der Waals surface area contributed by atoms with Crippen LogP contribution in [0.2, 0.25) is 0 Å². The van der Waals surface area contributed by atoms with Crippen molar-refractivity contribution in [2.24, 2.45) is 11.8 Å².